The van der Waals surface area contributed by atoms with E-state index in [1.165, 1.54) is 6.21 Å². The first-order valence-electron chi connectivity index (χ1n) is 8.17. The van der Waals surface area contributed by atoms with Crippen molar-refractivity contribution in [2.45, 2.75) is 0 Å². The first-order chi connectivity index (χ1) is 13.1. The minimum atomic E-state index is -0.378. The highest BCUT2D eigenvalue weighted by molar-refractivity contribution is 6.43. The number of rotatable bonds is 6. The quantitative estimate of drug-likeness (QED) is 0.458. The Morgan fingerprint density at radius 3 is 2.37 bits per heavy atom. The Balaban J connectivity index is 1.50. The van der Waals surface area contributed by atoms with Crippen LogP contribution in [0.2, 0.25) is 10.0 Å². The van der Waals surface area contributed by atoms with Crippen LogP contribution in [0.4, 0.5) is 0 Å². The molecule has 136 valence electrons. The molecule has 3 rings (SSSR count). The van der Waals surface area contributed by atoms with E-state index in [0.29, 0.717) is 21.4 Å². The van der Waals surface area contributed by atoms with Crippen LogP contribution in [0.3, 0.4) is 0 Å². The number of hydrogen-bond donors (Lipinski definition) is 1. The number of ether oxygens (including phenoxy) is 1. The Labute approximate surface area is 167 Å². The Kier molecular flexibility index (Phi) is 6.47. The molecule has 27 heavy (non-hydrogen) atoms. The van der Waals surface area contributed by atoms with E-state index in [2.05, 4.69) is 10.5 Å². The molecule has 0 aliphatic rings. The second-order valence-corrected chi connectivity index (χ2v) is 6.40. The van der Waals surface area contributed by atoms with Crippen molar-refractivity contribution in [2.24, 2.45) is 5.10 Å². The number of nitrogens with zero attached hydrogens (tertiary/aromatic N) is 1. The molecule has 0 saturated heterocycles. The molecule has 3 aromatic carbocycles. The first-order valence-corrected chi connectivity index (χ1v) is 8.93. The summed E-state index contributed by atoms with van der Waals surface area (Å²) < 4.78 is 5.47. The van der Waals surface area contributed by atoms with E-state index in [4.69, 9.17) is 27.9 Å². The minimum absolute atomic E-state index is 0.148. The maximum Gasteiger partial charge on any atom is 0.277 e. The van der Waals surface area contributed by atoms with Crippen molar-refractivity contribution in [1.82, 2.24) is 5.43 Å². The van der Waals surface area contributed by atoms with Gasteiger partial charge in [0.1, 0.15) is 5.75 Å². The fourth-order valence-electron chi connectivity index (χ4n) is 2.35. The molecule has 0 spiro atoms. The standard InChI is InChI=1S/C21H16Cl2N2O2/c22-19-8-4-7-17(21(19)23)13-24-25-20(26)14-27-18-11-9-16(10-12-18)15-5-2-1-3-6-15/h1-13H,14H2,(H,25,26). The van der Waals surface area contributed by atoms with Gasteiger partial charge in [0, 0.05) is 5.56 Å². The van der Waals surface area contributed by atoms with Gasteiger partial charge in [-0.1, -0.05) is 77.8 Å². The van der Waals surface area contributed by atoms with Crippen molar-refractivity contribution >= 4 is 35.3 Å². The molecule has 3 aromatic rings. The fourth-order valence-corrected chi connectivity index (χ4v) is 2.71. The van der Waals surface area contributed by atoms with E-state index in [1.54, 1.807) is 18.2 Å². The van der Waals surface area contributed by atoms with Crippen molar-refractivity contribution in [3.8, 4) is 16.9 Å². The lowest BCUT2D eigenvalue weighted by Gasteiger charge is -2.07. The summed E-state index contributed by atoms with van der Waals surface area (Å²) in [5, 5.41) is 4.67. The Hall–Kier alpha value is -2.82. The van der Waals surface area contributed by atoms with Crippen LogP contribution in [-0.4, -0.2) is 18.7 Å². The minimum Gasteiger partial charge on any atom is -0.484 e. The lowest BCUT2D eigenvalue weighted by molar-refractivity contribution is -0.123. The van der Waals surface area contributed by atoms with E-state index in [0.717, 1.165) is 11.1 Å². The molecule has 1 amide bonds. The van der Waals surface area contributed by atoms with Crippen molar-refractivity contribution in [1.29, 1.82) is 0 Å². The molecular formula is C21H16Cl2N2O2. The summed E-state index contributed by atoms with van der Waals surface area (Å²) in [6.07, 6.45) is 1.43. The average molecular weight is 399 g/mol. The molecule has 0 bridgehead atoms. The summed E-state index contributed by atoms with van der Waals surface area (Å²) in [7, 11) is 0. The number of carbonyl (C=O) groups is 1. The van der Waals surface area contributed by atoms with Gasteiger partial charge >= 0.3 is 0 Å². The molecule has 0 aromatic heterocycles. The van der Waals surface area contributed by atoms with Crippen LogP contribution in [0.15, 0.2) is 77.9 Å². The maximum atomic E-state index is 11.8. The second kappa shape index (κ2) is 9.21. The number of nitrogens with one attached hydrogen (secondary N) is 1. The largest absolute Gasteiger partial charge is 0.484 e. The van der Waals surface area contributed by atoms with Gasteiger partial charge < -0.3 is 4.74 Å². The molecule has 0 saturated carbocycles. The predicted molar refractivity (Wildman–Crippen MR) is 110 cm³/mol. The Morgan fingerprint density at radius 1 is 0.926 bits per heavy atom. The van der Waals surface area contributed by atoms with Gasteiger partial charge in [0.25, 0.3) is 5.91 Å². The molecule has 0 aliphatic heterocycles. The van der Waals surface area contributed by atoms with E-state index in [-0.39, 0.29) is 12.5 Å². The van der Waals surface area contributed by atoms with Crippen LogP contribution >= 0.6 is 23.2 Å². The molecule has 4 nitrogen and oxygen atoms in total. The van der Waals surface area contributed by atoms with Gasteiger partial charge in [0.05, 0.1) is 16.3 Å². The predicted octanol–water partition coefficient (Wildman–Crippen LogP) is 5.19. The van der Waals surface area contributed by atoms with Crippen LogP contribution < -0.4 is 10.2 Å². The van der Waals surface area contributed by atoms with Crippen LogP contribution in [0, 0.1) is 0 Å². The first kappa shape index (κ1) is 19.0. The molecular weight excluding hydrogens is 383 g/mol. The molecule has 6 heteroatoms. The topological polar surface area (TPSA) is 50.7 Å². The summed E-state index contributed by atoms with van der Waals surface area (Å²) >= 11 is 12.0. The van der Waals surface area contributed by atoms with E-state index >= 15 is 0 Å². The SMILES string of the molecule is O=C(COc1ccc(-c2ccccc2)cc1)NN=Cc1cccc(Cl)c1Cl. The summed E-state index contributed by atoms with van der Waals surface area (Å²) in [5.41, 5.74) is 5.20. The van der Waals surface area contributed by atoms with E-state index in [9.17, 15) is 4.79 Å². The van der Waals surface area contributed by atoms with E-state index < -0.39 is 0 Å². The molecule has 0 heterocycles. The summed E-state index contributed by atoms with van der Waals surface area (Å²) in [4.78, 5) is 11.8. The monoisotopic (exact) mass is 398 g/mol. The maximum absolute atomic E-state index is 11.8. The summed E-state index contributed by atoms with van der Waals surface area (Å²) in [6.45, 7) is -0.148. The van der Waals surface area contributed by atoms with Gasteiger partial charge in [-0.25, -0.2) is 5.43 Å². The van der Waals surface area contributed by atoms with E-state index in [1.807, 2.05) is 54.6 Å². The molecule has 1 N–H and O–H groups in total. The van der Waals surface area contributed by atoms with Crippen molar-refractivity contribution in [3.05, 3.63) is 88.4 Å². The van der Waals surface area contributed by atoms with Gasteiger partial charge in [0.15, 0.2) is 6.61 Å². The zero-order chi connectivity index (χ0) is 19.1. The smallest absolute Gasteiger partial charge is 0.277 e. The Bertz CT molecular complexity index is 942. The zero-order valence-electron chi connectivity index (χ0n) is 14.2. The number of hydrogen-bond acceptors (Lipinski definition) is 3. The van der Waals surface area contributed by atoms with Gasteiger partial charge in [-0.05, 0) is 29.3 Å². The van der Waals surface area contributed by atoms with Gasteiger partial charge in [-0.2, -0.15) is 5.10 Å². The van der Waals surface area contributed by atoms with Gasteiger partial charge in [0.2, 0.25) is 0 Å². The van der Waals surface area contributed by atoms with Crippen LogP contribution in [-0.2, 0) is 4.79 Å². The number of carbonyl (C=O) groups excluding carboxylic acids is 1. The van der Waals surface area contributed by atoms with Gasteiger partial charge in [-0.15, -0.1) is 0 Å². The number of benzene rings is 3. The third-order valence-corrected chi connectivity index (χ3v) is 4.54. The molecule has 0 atom stereocenters. The third-order valence-electron chi connectivity index (χ3n) is 3.71. The van der Waals surface area contributed by atoms with Crippen LogP contribution in [0.25, 0.3) is 11.1 Å². The van der Waals surface area contributed by atoms with Crippen molar-refractivity contribution < 1.29 is 9.53 Å². The van der Waals surface area contributed by atoms with Gasteiger partial charge in [-0.3, -0.25) is 4.79 Å². The summed E-state index contributed by atoms with van der Waals surface area (Å²) in [5.74, 6) is 0.225. The van der Waals surface area contributed by atoms with Crippen LogP contribution in [0.1, 0.15) is 5.56 Å². The number of amides is 1. The molecule has 0 radical (unpaired) electrons. The lowest BCUT2D eigenvalue weighted by atomic mass is 10.1. The normalized spacial score (nSPS) is 10.7. The molecule has 0 aliphatic carbocycles. The highest BCUT2D eigenvalue weighted by Gasteiger charge is 2.04. The zero-order valence-corrected chi connectivity index (χ0v) is 15.7. The highest BCUT2D eigenvalue weighted by Crippen LogP contribution is 2.24. The molecule has 0 unspecified atom stereocenters. The fraction of sp³-hybridized carbons (Fsp3) is 0.0476. The molecule has 0 fully saturated rings. The number of halogens is 2. The highest BCUT2D eigenvalue weighted by atomic mass is 35.5. The van der Waals surface area contributed by atoms with Crippen molar-refractivity contribution in [3.63, 3.8) is 0 Å². The Morgan fingerprint density at radius 2 is 1.63 bits per heavy atom. The third kappa shape index (κ3) is 5.33. The second-order valence-electron chi connectivity index (χ2n) is 5.62. The number of hydrazone groups is 1. The van der Waals surface area contributed by atoms with Crippen molar-refractivity contribution in [2.75, 3.05) is 6.61 Å². The average Bonchev–Trinajstić information content (AvgIpc) is 2.71. The summed E-state index contributed by atoms with van der Waals surface area (Å²) in [6, 6.07) is 22.7. The van der Waals surface area contributed by atoms with Crippen LogP contribution in [0.5, 0.6) is 5.75 Å². The lowest BCUT2D eigenvalue weighted by Crippen LogP contribution is -2.24.